The SMILES string of the molecule is O=S(=O)([O-])CC1(S)N=NN=N1.O=S(=O)([O-])CC1(S)N=NN=N1.[Na+].[Na+]. The van der Waals surface area contributed by atoms with Crippen LogP contribution in [0.15, 0.2) is 41.4 Å². The van der Waals surface area contributed by atoms with Gasteiger partial charge >= 0.3 is 59.1 Å². The van der Waals surface area contributed by atoms with E-state index in [1.54, 1.807) is 0 Å². The Balaban J connectivity index is 0. The minimum atomic E-state index is -4.40. The summed E-state index contributed by atoms with van der Waals surface area (Å²) in [5, 5.41) is 25.0. The second-order valence-electron chi connectivity index (χ2n) is 3.71. The maximum Gasteiger partial charge on any atom is 1.00 e. The van der Waals surface area contributed by atoms with Crippen molar-refractivity contribution in [2.75, 3.05) is 11.5 Å². The minimum Gasteiger partial charge on any atom is -0.748 e. The van der Waals surface area contributed by atoms with Gasteiger partial charge < -0.3 is 9.11 Å². The minimum absolute atomic E-state index is 0. The van der Waals surface area contributed by atoms with Gasteiger partial charge in [-0.05, 0) is 20.9 Å². The van der Waals surface area contributed by atoms with Crippen molar-refractivity contribution in [3.8, 4) is 0 Å². The molecule has 0 aromatic heterocycles. The molecule has 20 heteroatoms. The molecule has 0 saturated heterocycles. The summed E-state index contributed by atoms with van der Waals surface area (Å²) < 4.78 is 61.1. The van der Waals surface area contributed by atoms with Crippen molar-refractivity contribution in [3.63, 3.8) is 0 Å². The first kappa shape index (κ1) is 27.1. The molecule has 2 rings (SSSR count). The molecule has 0 saturated carbocycles. The average Bonchev–Trinajstić information content (AvgIpc) is 2.83. The van der Waals surface area contributed by atoms with Crippen LogP contribution in [0.5, 0.6) is 0 Å². The van der Waals surface area contributed by atoms with Crippen LogP contribution in [0, 0.1) is 0 Å². The molecular weight excluding hydrogens is 430 g/mol. The maximum atomic E-state index is 10.2. The van der Waals surface area contributed by atoms with Crippen LogP contribution >= 0.6 is 25.3 Å². The van der Waals surface area contributed by atoms with Crippen molar-refractivity contribution in [2.24, 2.45) is 41.4 Å². The van der Waals surface area contributed by atoms with Crippen molar-refractivity contribution in [3.05, 3.63) is 0 Å². The molecular formula is C4H6N8Na2O6S4. The smallest absolute Gasteiger partial charge is 0.748 e. The van der Waals surface area contributed by atoms with E-state index >= 15 is 0 Å². The summed E-state index contributed by atoms with van der Waals surface area (Å²) >= 11 is 7.35. The summed E-state index contributed by atoms with van der Waals surface area (Å²) in [7, 11) is -8.80. The first-order valence-corrected chi connectivity index (χ1v) is 8.88. The molecule has 0 spiro atoms. The number of rotatable bonds is 4. The van der Waals surface area contributed by atoms with Gasteiger partial charge in [0.05, 0.1) is 31.7 Å². The Morgan fingerprint density at radius 3 is 1.04 bits per heavy atom. The summed E-state index contributed by atoms with van der Waals surface area (Å²) in [5.74, 6) is -1.67. The van der Waals surface area contributed by atoms with E-state index in [0.717, 1.165) is 0 Å². The van der Waals surface area contributed by atoms with E-state index in [9.17, 15) is 25.9 Å². The predicted molar refractivity (Wildman–Crippen MR) is 72.0 cm³/mol. The van der Waals surface area contributed by atoms with Gasteiger partial charge in [-0.1, -0.05) is 0 Å². The van der Waals surface area contributed by atoms with Crippen molar-refractivity contribution in [1.29, 1.82) is 0 Å². The van der Waals surface area contributed by atoms with Crippen LogP contribution in [0.3, 0.4) is 0 Å². The molecule has 14 nitrogen and oxygen atoms in total. The van der Waals surface area contributed by atoms with Crippen LogP contribution in [0.4, 0.5) is 0 Å². The second-order valence-corrected chi connectivity index (χ2v) is 7.95. The average molecular weight is 436 g/mol. The topological polar surface area (TPSA) is 213 Å². The largest absolute Gasteiger partial charge is 1.00 e. The fourth-order valence-corrected chi connectivity index (χ4v) is 3.28. The molecule has 2 aliphatic rings. The predicted octanol–water partition coefficient (Wildman–Crippen LogP) is -6.10. The van der Waals surface area contributed by atoms with E-state index in [2.05, 4.69) is 66.6 Å². The number of thiol groups is 2. The number of nitrogens with zero attached hydrogens (tertiary/aromatic N) is 8. The molecule has 0 bridgehead atoms. The van der Waals surface area contributed by atoms with E-state index in [-0.39, 0.29) is 59.1 Å². The fourth-order valence-electron chi connectivity index (χ4n) is 0.996. The van der Waals surface area contributed by atoms with Crippen molar-refractivity contribution < 1.29 is 85.1 Å². The molecule has 0 aromatic carbocycles. The molecule has 0 N–H and O–H groups in total. The van der Waals surface area contributed by atoms with Gasteiger partial charge in [-0.15, -0.1) is 45.7 Å². The van der Waals surface area contributed by atoms with Gasteiger partial charge in [-0.2, -0.15) is 0 Å². The van der Waals surface area contributed by atoms with Gasteiger partial charge in [0, 0.05) is 0 Å². The van der Waals surface area contributed by atoms with E-state index in [1.807, 2.05) is 0 Å². The summed E-state index contributed by atoms with van der Waals surface area (Å²) in [4.78, 5) is -3.22. The second kappa shape index (κ2) is 10.3. The van der Waals surface area contributed by atoms with E-state index in [1.165, 1.54) is 0 Å². The first-order chi connectivity index (χ1) is 9.83. The summed E-state index contributed by atoms with van der Waals surface area (Å²) in [6, 6.07) is 0. The zero-order valence-electron chi connectivity index (χ0n) is 12.2. The van der Waals surface area contributed by atoms with Crippen LogP contribution < -0.4 is 59.1 Å². The Kier molecular flexibility index (Phi) is 11.7. The molecule has 124 valence electrons. The Morgan fingerprint density at radius 1 is 0.667 bits per heavy atom. The maximum absolute atomic E-state index is 10.2. The summed E-state index contributed by atoms with van der Waals surface area (Å²) in [6.45, 7) is 0. The molecule has 0 aromatic rings. The Hall–Kier alpha value is 0.920. The first-order valence-electron chi connectivity index (χ1n) is 4.83. The van der Waals surface area contributed by atoms with Crippen LogP contribution in [-0.4, -0.2) is 47.4 Å². The van der Waals surface area contributed by atoms with Crippen LogP contribution in [0.2, 0.25) is 0 Å². The van der Waals surface area contributed by atoms with Gasteiger partial charge in [0.25, 0.3) is 9.99 Å². The van der Waals surface area contributed by atoms with Gasteiger partial charge in [0.15, 0.2) is 0 Å². The van der Waals surface area contributed by atoms with Crippen LogP contribution in [0.1, 0.15) is 0 Å². The summed E-state index contributed by atoms with van der Waals surface area (Å²) in [6.07, 6.45) is 0. The zero-order valence-corrected chi connectivity index (χ0v) is 19.6. The molecule has 2 aliphatic heterocycles. The molecule has 0 aliphatic carbocycles. The number of hydrogen-bond donors (Lipinski definition) is 2. The zero-order chi connectivity index (χ0) is 17.1. The van der Waals surface area contributed by atoms with Crippen molar-refractivity contribution >= 4 is 45.5 Å². The molecule has 0 atom stereocenters. The monoisotopic (exact) mass is 436 g/mol. The van der Waals surface area contributed by atoms with Crippen LogP contribution in [-0.2, 0) is 20.2 Å². The Labute approximate surface area is 191 Å². The quantitative estimate of drug-likeness (QED) is 0.248. The molecule has 2 heterocycles. The van der Waals surface area contributed by atoms with E-state index in [0.29, 0.717) is 0 Å². The third kappa shape index (κ3) is 11.5. The van der Waals surface area contributed by atoms with E-state index < -0.39 is 41.7 Å². The molecule has 0 unspecified atom stereocenters. The van der Waals surface area contributed by atoms with Gasteiger partial charge in [-0.25, -0.2) is 16.8 Å². The molecule has 0 fully saturated rings. The standard InChI is InChI=1S/2C2H4N4O3S2.2Na/c2*7-11(8,9)1-2(10)3-5-6-4-2;;/h2*10H,1H2,(H,7,8,9);;/q;;2*+1/p-2. The van der Waals surface area contributed by atoms with Gasteiger partial charge in [-0.3, -0.25) is 0 Å². The Bertz CT molecular complexity index is 661. The van der Waals surface area contributed by atoms with Gasteiger partial charge in [0.2, 0.25) is 0 Å². The Morgan fingerprint density at radius 2 is 0.875 bits per heavy atom. The summed E-state index contributed by atoms with van der Waals surface area (Å²) in [5.41, 5.74) is 0. The molecule has 0 radical (unpaired) electrons. The molecule has 0 amide bonds. The van der Waals surface area contributed by atoms with Crippen LogP contribution in [0.25, 0.3) is 0 Å². The molecule has 24 heavy (non-hydrogen) atoms. The normalized spacial score (nSPS) is 19.2. The van der Waals surface area contributed by atoms with E-state index in [4.69, 9.17) is 0 Å². The van der Waals surface area contributed by atoms with Crippen molar-refractivity contribution in [2.45, 2.75) is 9.99 Å². The van der Waals surface area contributed by atoms with Crippen molar-refractivity contribution in [1.82, 2.24) is 0 Å². The third-order valence-electron chi connectivity index (χ3n) is 1.64. The fraction of sp³-hybridized carbons (Fsp3) is 1.00. The number of hydrogen-bond acceptors (Lipinski definition) is 16. The third-order valence-corrected chi connectivity index (χ3v) is 4.25. The van der Waals surface area contributed by atoms with Gasteiger partial charge in [0.1, 0.15) is 0 Å².